The summed E-state index contributed by atoms with van der Waals surface area (Å²) in [5, 5.41) is 7.24. The minimum absolute atomic E-state index is 0.00823. The Hall–Kier alpha value is -3.36. The molecule has 0 aliphatic carbocycles. The largest absolute Gasteiger partial charge is 0.355 e. The van der Waals surface area contributed by atoms with Gasteiger partial charge in [-0.2, -0.15) is 0 Å². The molecule has 2 aromatic carbocycles. The fraction of sp³-hybridized carbons (Fsp3) is 0.136. The normalized spacial score (nSPS) is 11.1. The number of amides is 1. The van der Waals surface area contributed by atoms with Gasteiger partial charge in [0.15, 0.2) is 11.5 Å². The fourth-order valence-corrected chi connectivity index (χ4v) is 3.89. The zero-order chi connectivity index (χ0) is 23.2. The zero-order valence-corrected chi connectivity index (χ0v) is 18.8. The predicted octanol–water partition coefficient (Wildman–Crippen LogP) is 5.15. The van der Waals surface area contributed by atoms with Gasteiger partial charge in [0.25, 0.3) is 11.5 Å². The van der Waals surface area contributed by atoms with E-state index in [0.29, 0.717) is 32.6 Å². The van der Waals surface area contributed by atoms with Crippen molar-refractivity contribution in [2.24, 2.45) is 7.05 Å². The molecular formula is C22H17Cl2FN4O3. The van der Waals surface area contributed by atoms with Crippen LogP contribution in [-0.4, -0.2) is 20.4 Å². The number of aromatic nitrogens is 3. The van der Waals surface area contributed by atoms with Crippen LogP contribution < -0.4 is 10.9 Å². The van der Waals surface area contributed by atoms with Gasteiger partial charge < -0.3 is 9.84 Å². The van der Waals surface area contributed by atoms with Crippen molar-refractivity contribution in [2.75, 3.05) is 5.32 Å². The minimum Gasteiger partial charge on any atom is -0.355 e. The summed E-state index contributed by atoms with van der Waals surface area (Å²) in [5.41, 5.74) is 0.896. The SMILES string of the molecule is Cc1c(C(=O)Nc2c(C)n(C)n(-c3ccccc3F)c2=O)noc1-c1ccc(Cl)cc1Cl. The third kappa shape index (κ3) is 3.61. The molecule has 0 radical (unpaired) electrons. The van der Waals surface area contributed by atoms with E-state index < -0.39 is 17.3 Å². The van der Waals surface area contributed by atoms with Gasteiger partial charge >= 0.3 is 0 Å². The maximum absolute atomic E-state index is 14.3. The molecule has 7 nitrogen and oxygen atoms in total. The lowest BCUT2D eigenvalue weighted by Gasteiger charge is -2.08. The van der Waals surface area contributed by atoms with Crippen molar-refractivity contribution in [3.05, 3.63) is 85.6 Å². The molecule has 2 aromatic heterocycles. The first kappa shape index (κ1) is 21.9. The molecule has 0 atom stereocenters. The molecule has 0 aliphatic heterocycles. The minimum atomic E-state index is -0.644. The Kier molecular flexibility index (Phi) is 5.66. The number of carbonyl (C=O) groups excluding carboxylic acids is 1. The van der Waals surface area contributed by atoms with Crippen LogP contribution in [0.4, 0.5) is 10.1 Å². The van der Waals surface area contributed by atoms with Gasteiger partial charge in [0.1, 0.15) is 17.2 Å². The Balaban J connectivity index is 1.71. The topological polar surface area (TPSA) is 82.1 Å². The fourth-order valence-electron chi connectivity index (χ4n) is 3.39. The standard InChI is InChI=1S/C22H17Cl2FN4O3/c1-11-18(27-32-20(11)14-9-8-13(23)10-15(14)24)21(30)26-19-12(2)28(3)29(22(19)31)17-7-5-4-6-16(17)25/h4-10H,1-3H3,(H,26,30). The average molecular weight is 475 g/mol. The molecule has 1 amide bonds. The van der Waals surface area contributed by atoms with E-state index in [1.165, 1.54) is 22.9 Å². The van der Waals surface area contributed by atoms with Crippen molar-refractivity contribution in [3.63, 3.8) is 0 Å². The Bertz CT molecular complexity index is 1420. The van der Waals surface area contributed by atoms with E-state index in [2.05, 4.69) is 10.5 Å². The number of hydrogen-bond donors (Lipinski definition) is 1. The molecular weight excluding hydrogens is 458 g/mol. The number of carbonyl (C=O) groups is 1. The summed E-state index contributed by atoms with van der Waals surface area (Å²) in [4.78, 5) is 25.9. The summed E-state index contributed by atoms with van der Waals surface area (Å²) >= 11 is 12.2. The van der Waals surface area contributed by atoms with Gasteiger partial charge in [-0.15, -0.1) is 0 Å². The van der Waals surface area contributed by atoms with Gasteiger partial charge in [0.2, 0.25) is 0 Å². The van der Waals surface area contributed by atoms with Gasteiger partial charge in [-0.1, -0.05) is 40.5 Å². The van der Waals surface area contributed by atoms with Crippen molar-refractivity contribution in [1.29, 1.82) is 0 Å². The average Bonchev–Trinajstić information content (AvgIpc) is 3.22. The van der Waals surface area contributed by atoms with Crippen LogP contribution in [0.2, 0.25) is 10.0 Å². The summed E-state index contributed by atoms with van der Waals surface area (Å²) in [6.07, 6.45) is 0. The number of rotatable bonds is 4. The van der Waals surface area contributed by atoms with Gasteiger partial charge in [-0.25, -0.2) is 9.07 Å². The van der Waals surface area contributed by atoms with Crippen LogP contribution in [-0.2, 0) is 7.05 Å². The molecule has 0 unspecified atom stereocenters. The number of anilines is 1. The second-order valence-electron chi connectivity index (χ2n) is 7.12. The predicted molar refractivity (Wildman–Crippen MR) is 120 cm³/mol. The van der Waals surface area contributed by atoms with Crippen LogP contribution in [0.15, 0.2) is 51.8 Å². The monoisotopic (exact) mass is 474 g/mol. The lowest BCUT2D eigenvalue weighted by Crippen LogP contribution is -2.24. The van der Waals surface area contributed by atoms with Crippen LogP contribution in [0.25, 0.3) is 17.0 Å². The first-order chi connectivity index (χ1) is 15.2. The molecule has 0 spiro atoms. The van der Waals surface area contributed by atoms with E-state index >= 15 is 0 Å². The molecule has 2 heterocycles. The third-order valence-corrected chi connectivity index (χ3v) is 5.74. The van der Waals surface area contributed by atoms with Crippen molar-refractivity contribution in [3.8, 4) is 17.0 Å². The highest BCUT2D eigenvalue weighted by atomic mass is 35.5. The lowest BCUT2D eigenvalue weighted by atomic mass is 10.1. The highest BCUT2D eigenvalue weighted by Crippen LogP contribution is 2.33. The summed E-state index contributed by atoms with van der Waals surface area (Å²) in [6.45, 7) is 3.30. The van der Waals surface area contributed by atoms with Crippen molar-refractivity contribution in [2.45, 2.75) is 13.8 Å². The molecule has 0 fully saturated rings. The summed E-state index contributed by atoms with van der Waals surface area (Å²) in [6, 6.07) is 10.7. The highest BCUT2D eigenvalue weighted by molar-refractivity contribution is 6.36. The van der Waals surface area contributed by atoms with E-state index in [-0.39, 0.29) is 17.1 Å². The first-order valence-electron chi connectivity index (χ1n) is 9.47. The molecule has 0 bridgehead atoms. The van der Waals surface area contributed by atoms with E-state index in [4.69, 9.17) is 27.7 Å². The molecule has 1 N–H and O–H groups in total. The van der Waals surface area contributed by atoms with Gasteiger partial charge in [-0.05, 0) is 44.2 Å². The summed E-state index contributed by atoms with van der Waals surface area (Å²) in [7, 11) is 1.60. The van der Waals surface area contributed by atoms with Crippen LogP contribution in [0, 0.1) is 19.7 Å². The van der Waals surface area contributed by atoms with Gasteiger partial charge in [0.05, 0.1) is 10.7 Å². The van der Waals surface area contributed by atoms with Crippen molar-refractivity contribution in [1.82, 2.24) is 14.5 Å². The molecule has 0 aliphatic rings. The van der Waals surface area contributed by atoms with E-state index in [0.717, 1.165) is 4.68 Å². The summed E-state index contributed by atoms with van der Waals surface area (Å²) in [5.74, 6) is -0.899. The van der Waals surface area contributed by atoms with Gasteiger partial charge in [0, 0.05) is 23.2 Å². The number of nitrogens with zero attached hydrogens (tertiary/aromatic N) is 3. The Labute approximate surface area is 191 Å². The highest BCUT2D eigenvalue weighted by Gasteiger charge is 2.25. The van der Waals surface area contributed by atoms with Crippen molar-refractivity contribution >= 4 is 34.8 Å². The molecule has 4 aromatic rings. The quantitative estimate of drug-likeness (QED) is 0.443. The molecule has 0 saturated heterocycles. The van der Waals surface area contributed by atoms with Crippen LogP contribution in [0.3, 0.4) is 0 Å². The molecule has 32 heavy (non-hydrogen) atoms. The molecule has 164 valence electrons. The van der Waals surface area contributed by atoms with E-state index in [1.807, 2.05) is 0 Å². The van der Waals surface area contributed by atoms with Crippen LogP contribution in [0.5, 0.6) is 0 Å². The molecule has 4 rings (SSSR count). The van der Waals surface area contributed by atoms with E-state index in [9.17, 15) is 14.0 Å². The maximum atomic E-state index is 14.3. The number of hydrogen-bond acceptors (Lipinski definition) is 4. The zero-order valence-electron chi connectivity index (χ0n) is 17.2. The second-order valence-corrected chi connectivity index (χ2v) is 7.96. The molecule has 10 heteroatoms. The number of nitrogens with one attached hydrogen (secondary N) is 1. The van der Waals surface area contributed by atoms with E-state index in [1.54, 1.807) is 45.2 Å². The number of benzene rings is 2. The first-order valence-corrected chi connectivity index (χ1v) is 10.2. The smallest absolute Gasteiger partial charge is 0.295 e. The second kappa shape index (κ2) is 8.29. The summed E-state index contributed by atoms with van der Waals surface area (Å²) < 4.78 is 22.2. The van der Waals surface area contributed by atoms with Crippen LogP contribution in [0.1, 0.15) is 21.7 Å². The number of para-hydroxylation sites is 1. The maximum Gasteiger partial charge on any atom is 0.295 e. The number of halogens is 3. The Morgan fingerprint density at radius 1 is 1.16 bits per heavy atom. The molecule has 0 saturated carbocycles. The van der Waals surface area contributed by atoms with Gasteiger partial charge in [-0.3, -0.25) is 14.3 Å². The lowest BCUT2D eigenvalue weighted by molar-refractivity contribution is 0.101. The Morgan fingerprint density at radius 3 is 2.56 bits per heavy atom. The van der Waals surface area contributed by atoms with Crippen LogP contribution >= 0.6 is 23.2 Å². The van der Waals surface area contributed by atoms with Crippen molar-refractivity contribution < 1.29 is 13.7 Å². The third-order valence-electron chi connectivity index (χ3n) is 5.19. The Morgan fingerprint density at radius 2 is 1.88 bits per heavy atom.